The molecule has 0 unspecified atom stereocenters. The number of aromatic nitrogens is 1. The van der Waals surface area contributed by atoms with Crippen LogP contribution in [0, 0.1) is 13.8 Å². The Morgan fingerprint density at radius 3 is 2.55 bits per heavy atom. The van der Waals surface area contributed by atoms with Gasteiger partial charge in [-0.2, -0.15) is 0 Å². The third kappa shape index (κ3) is 7.23. The molecule has 0 bridgehead atoms. The molecule has 0 aliphatic rings. The maximum Gasteiger partial charge on any atom is 0.341 e. The summed E-state index contributed by atoms with van der Waals surface area (Å²) in [7, 11) is 0. The fourth-order valence-electron chi connectivity index (χ4n) is 2.33. The van der Waals surface area contributed by atoms with E-state index in [0.29, 0.717) is 5.03 Å². The van der Waals surface area contributed by atoms with Crippen LogP contribution in [0.5, 0.6) is 0 Å². The van der Waals surface area contributed by atoms with Crippen LogP contribution in [0.4, 0.5) is 0 Å². The highest BCUT2D eigenvalue weighted by molar-refractivity contribution is 7.99. The first-order valence-electron chi connectivity index (χ1n) is 9.19. The van der Waals surface area contributed by atoms with Gasteiger partial charge >= 0.3 is 5.97 Å². The normalized spacial score (nSPS) is 10.5. The number of pyridine rings is 1. The topological polar surface area (TPSA) is 97.4 Å². The zero-order valence-corrected chi connectivity index (χ0v) is 17.8. The molecular formula is C21H25N3O4S. The predicted octanol–water partition coefficient (Wildman–Crippen LogP) is 2.65. The van der Waals surface area contributed by atoms with Gasteiger partial charge in [0, 0.05) is 17.1 Å². The van der Waals surface area contributed by atoms with Crippen molar-refractivity contribution >= 4 is 29.5 Å². The molecule has 1 aromatic heterocycles. The van der Waals surface area contributed by atoms with Crippen LogP contribution in [0.3, 0.4) is 0 Å². The molecule has 0 radical (unpaired) electrons. The van der Waals surface area contributed by atoms with Crippen LogP contribution in [0.2, 0.25) is 0 Å². The third-order valence-corrected chi connectivity index (χ3v) is 4.92. The lowest BCUT2D eigenvalue weighted by Gasteiger charge is -2.11. The van der Waals surface area contributed by atoms with Crippen molar-refractivity contribution in [2.45, 2.75) is 43.7 Å². The largest absolute Gasteiger partial charge is 0.452 e. The van der Waals surface area contributed by atoms with Crippen molar-refractivity contribution in [2.24, 2.45) is 0 Å². The number of carbonyl (C=O) groups excluding carboxylic acids is 3. The van der Waals surface area contributed by atoms with E-state index in [4.69, 9.17) is 4.74 Å². The highest BCUT2D eigenvalue weighted by Gasteiger charge is 2.17. The molecular weight excluding hydrogens is 390 g/mol. The summed E-state index contributed by atoms with van der Waals surface area (Å²) < 4.78 is 5.09. The molecule has 0 saturated carbocycles. The van der Waals surface area contributed by atoms with Gasteiger partial charge < -0.3 is 15.4 Å². The quantitative estimate of drug-likeness (QED) is 0.644. The molecule has 8 heteroatoms. The number of benzene rings is 1. The number of ether oxygens (including phenoxy) is 1. The Labute approximate surface area is 174 Å². The van der Waals surface area contributed by atoms with Gasteiger partial charge in [-0.25, -0.2) is 9.78 Å². The van der Waals surface area contributed by atoms with Crippen LogP contribution in [0.25, 0.3) is 0 Å². The number of aryl methyl sites for hydroxylation is 2. The Morgan fingerprint density at radius 2 is 1.86 bits per heavy atom. The maximum atomic E-state index is 12.4. The predicted molar refractivity (Wildman–Crippen MR) is 111 cm³/mol. The van der Waals surface area contributed by atoms with Gasteiger partial charge in [-0.05, 0) is 63.1 Å². The van der Waals surface area contributed by atoms with Crippen LogP contribution in [0.1, 0.15) is 35.3 Å². The van der Waals surface area contributed by atoms with E-state index in [9.17, 15) is 14.4 Å². The van der Waals surface area contributed by atoms with E-state index in [1.54, 1.807) is 18.3 Å². The lowest BCUT2D eigenvalue weighted by molar-refractivity contribution is -0.128. The standard InChI is InChI=1S/C21H25N3O4S/c1-13(2)24-18(25)11-23-19(26)12-28-21(27)17-6-5-9-22-20(17)29-16-8-7-14(3)15(4)10-16/h5-10,13H,11-12H2,1-4H3,(H,23,26)(H,24,25). The summed E-state index contributed by atoms with van der Waals surface area (Å²) in [6, 6.07) is 9.23. The second kappa shape index (κ2) is 10.6. The number of nitrogens with zero attached hydrogens (tertiary/aromatic N) is 1. The number of hydrogen-bond donors (Lipinski definition) is 2. The Hall–Kier alpha value is -2.87. The van der Waals surface area contributed by atoms with E-state index in [0.717, 1.165) is 10.5 Å². The van der Waals surface area contributed by atoms with Crippen LogP contribution < -0.4 is 10.6 Å². The lowest BCUT2D eigenvalue weighted by atomic mass is 10.1. The molecule has 29 heavy (non-hydrogen) atoms. The molecule has 154 valence electrons. The molecule has 7 nitrogen and oxygen atoms in total. The molecule has 2 rings (SSSR count). The number of amides is 2. The fourth-order valence-corrected chi connectivity index (χ4v) is 3.30. The molecule has 2 aromatic rings. The summed E-state index contributed by atoms with van der Waals surface area (Å²) >= 11 is 1.35. The van der Waals surface area contributed by atoms with E-state index in [1.165, 1.54) is 17.3 Å². The van der Waals surface area contributed by atoms with Crippen molar-refractivity contribution in [2.75, 3.05) is 13.2 Å². The van der Waals surface area contributed by atoms with Gasteiger partial charge in [-0.1, -0.05) is 17.8 Å². The van der Waals surface area contributed by atoms with Crippen molar-refractivity contribution < 1.29 is 19.1 Å². The lowest BCUT2D eigenvalue weighted by Crippen LogP contribution is -2.41. The van der Waals surface area contributed by atoms with E-state index < -0.39 is 18.5 Å². The molecule has 0 atom stereocenters. The van der Waals surface area contributed by atoms with Gasteiger partial charge in [-0.15, -0.1) is 0 Å². The van der Waals surface area contributed by atoms with Gasteiger partial charge in [0.05, 0.1) is 12.1 Å². The van der Waals surface area contributed by atoms with Gasteiger partial charge in [0.25, 0.3) is 5.91 Å². The van der Waals surface area contributed by atoms with Crippen LogP contribution in [-0.2, 0) is 14.3 Å². The third-order valence-electron chi connectivity index (χ3n) is 3.91. The average molecular weight is 416 g/mol. The van der Waals surface area contributed by atoms with Crippen molar-refractivity contribution in [3.8, 4) is 0 Å². The van der Waals surface area contributed by atoms with Crippen molar-refractivity contribution in [1.82, 2.24) is 15.6 Å². The van der Waals surface area contributed by atoms with Crippen molar-refractivity contribution in [3.05, 3.63) is 53.2 Å². The Bertz CT molecular complexity index is 899. The number of rotatable bonds is 8. The molecule has 0 aliphatic heterocycles. The SMILES string of the molecule is Cc1ccc(Sc2ncccc2C(=O)OCC(=O)NCC(=O)NC(C)C)cc1C. The van der Waals surface area contributed by atoms with Gasteiger partial charge in [0.2, 0.25) is 5.91 Å². The number of hydrogen-bond acceptors (Lipinski definition) is 6. The zero-order valence-electron chi connectivity index (χ0n) is 16.9. The first kappa shape index (κ1) is 22.4. The molecule has 0 fully saturated rings. The zero-order chi connectivity index (χ0) is 21.4. The summed E-state index contributed by atoms with van der Waals surface area (Å²) in [6.45, 7) is 7.05. The minimum absolute atomic E-state index is 0.0175. The van der Waals surface area contributed by atoms with Gasteiger partial charge in [0.15, 0.2) is 6.61 Å². The Morgan fingerprint density at radius 1 is 1.10 bits per heavy atom. The molecule has 0 spiro atoms. The van der Waals surface area contributed by atoms with E-state index in [-0.39, 0.29) is 24.1 Å². The fraction of sp³-hybridized carbons (Fsp3) is 0.333. The molecule has 2 amide bonds. The summed E-state index contributed by atoms with van der Waals surface area (Å²) in [6.07, 6.45) is 1.60. The summed E-state index contributed by atoms with van der Waals surface area (Å²) in [4.78, 5) is 41.0. The van der Waals surface area contributed by atoms with Gasteiger partial charge in [0.1, 0.15) is 5.03 Å². The van der Waals surface area contributed by atoms with Crippen LogP contribution in [0.15, 0.2) is 46.5 Å². The minimum Gasteiger partial charge on any atom is -0.452 e. The van der Waals surface area contributed by atoms with Gasteiger partial charge in [-0.3, -0.25) is 9.59 Å². The first-order valence-corrected chi connectivity index (χ1v) is 10.0. The van der Waals surface area contributed by atoms with Crippen LogP contribution in [-0.4, -0.2) is 42.0 Å². The monoisotopic (exact) mass is 415 g/mol. The highest BCUT2D eigenvalue weighted by Crippen LogP contribution is 2.30. The second-order valence-electron chi connectivity index (χ2n) is 6.78. The first-order chi connectivity index (χ1) is 13.8. The average Bonchev–Trinajstić information content (AvgIpc) is 2.67. The molecule has 2 N–H and O–H groups in total. The summed E-state index contributed by atoms with van der Waals surface area (Å²) in [5.74, 6) is -1.50. The summed E-state index contributed by atoms with van der Waals surface area (Å²) in [5.41, 5.74) is 2.61. The van der Waals surface area contributed by atoms with E-state index >= 15 is 0 Å². The summed E-state index contributed by atoms with van der Waals surface area (Å²) in [5, 5.41) is 5.56. The maximum absolute atomic E-state index is 12.4. The molecule has 0 aliphatic carbocycles. The molecule has 0 saturated heterocycles. The Kier molecular flexibility index (Phi) is 8.21. The molecule has 1 heterocycles. The second-order valence-corrected chi connectivity index (χ2v) is 7.84. The highest BCUT2D eigenvalue weighted by atomic mass is 32.2. The number of nitrogens with one attached hydrogen (secondary N) is 2. The van der Waals surface area contributed by atoms with E-state index in [2.05, 4.69) is 15.6 Å². The van der Waals surface area contributed by atoms with E-state index in [1.807, 2.05) is 45.9 Å². The van der Waals surface area contributed by atoms with Crippen molar-refractivity contribution in [1.29, 1.82) is 0 Å². The number of esters is 1. The molecule has 1 aromatic carbocycles. The smallest absolute Gasteiger partial charge is 0.341 e. The number of carbonyl (C=O) groups is 3. The minimum atomic E-state index is -0.647. The van der Waals surface area contributed by atoms with Crippen molar-refractivity contribution in [3.63, 3.8) is 0 Å². The van der Waals surface area contributed by atoms with Crippen LogP contribution >= 0.6 is 11.8 Å². The Balaban J connectivity index is 1.94.